The number of hydrogen-bond acceptors (Lipinski definition) is 4. The van der Waals surface area contributed by atoms with Crippen molar-refractivity contribution in [1.82, 2.24) is 19.4 Å². The van der Waals surface area contributed by atoms with Crippen molar-refractivity contribution in [3.8, 4) is 11.6 Å². The Kier molecular flexibility index (Phi) is 4.67. The SMILES string of the molecule is CCN1CCc2c([nH]c3ccccc23)C1c1c(O)n(-c2cccc3ccccc23)c(=O)[nH]c1=O. The van der Waals surface area contributed by atoms with Crippen LogP contribution in [0.15, 0.2) is 76.3 Å². The van der Waals surface area contributed by atoms with Crippen LogP contribution in [0.1, 0.15) is 29.8 Å². The molecule has 1 aliphatic heterocycles. The van der Waals surface area contributed by atoms with E-state index in [4.69, 9.17) is 0 Å². The number of benzene rings is 3. The molecule has 0 saturated heterocycles. The summed E-state index contributed by atoms with van der Waals surface area (Å²) >= 11 is 0. The van der Waals surface area contributed by atoms with Gasteiger partial charge in [-0.25, -0.2) is 9.36 Å². The van der Waals surface area contributed by atoms with Gasteiger partial charge in [0.05, 0.1) is 11.7 Å². The molecule has 170 valence electrons. The van der Waals surface area contributed by atoms with Gasteiger partial charge in [0.15, 0.2) is 0 Å². The summed E-state index contributed by atoms with van der Waals surface area (Å²) in [5.74, 6) is -0.333. The van der Waals surface area contributed by atoms with Gasteiger partial charge < -0.3 is 10.1 Å². The number of nitrogens with zero attached hydrogens (tertiary/aromatic N) is 2. The second-order valence-corrected chi connectivity index (χ2v) is 8.67. The third kappa shape index (κ3) is 2.94. The van der Waals surface area contributed by atoms with Crippen LogP contribution < -0.4 is 11.2 Å². The zero-order chi connectivity index (χ0) is 23.4. The van der Waals surface area contributed by atoms with E-state index in [-0.39, 0.29) is 11.4 Å². The fourth-order valence-electron chi connectivity index (χ4n) is 5.37. The number of para-hydroxylation sites is 1. The van der Waals surface area contributed by atoms with Gasteiger partial charge >= 0.3 is 5.69 Å². The van der Waals surface area contributed by atoms with Crippen molar-refractivity contribution in [3.05, 3.63) is 104 Å². The largest absolute Gasteiger partial charge is 0.494 e. The lowest BCUT2D eigenvalue weighted by Gasteiger charge is -2.35. The monoisotopic (exact) mass is 452 g/mol. The first-order chi connectivity index (χ1) is 16.6. The number of aromatic hydroxyl groups is 1. The molecule has 0 radical (unpaired) electrons. The van der Waals surface area contributed by atoms with Crippen LogP contribution in [0.2, 0.25) is 0 Å². The van der Waals surface area contributed by atoms with Crippen LogP contribution in [0.4, 0.5) is 0 Å². The molecule has 2 aromatic heterocycles. The Balaban J connectivity index is 1.65. The Labute approximate surface area is 194 Å². The van der Waals surface area contributed by atoms with Gasteiger partial charge in [-0.3, -0.25) is 14.7 Å². The highest BCUT2D eigenvalue weighted by Crippen LogP contribution is 2.40. The summed E-state index contributed by atoms with van der Waals surface area (Å²) < 4.78 is 1.21. The number of rotatable bonds is 3. The Morgan fingerprint density at radius 3 is 2.50 bits per heavy atom. The van der Waals surface area contributed by atoms with E-state index < -0.39 is 17.3 Å². The van der Waals surface area contributed by atoms with Gasteiger partial charge in [0.1, 0.15) is 5.56 Å². The molecule has 0 fully saturated rings. The Morgan fingerprint density at radius 2 is 1.68 bits per heavy atom. The minimum atomic E-state index is -0.668. The predicted octanol–water partition coefficient (Wildman–Crippen LogP) is 3.83. The van der Waals surface area contributed by atoms with Gasteiger partial charge in [-0.05, 0) is 36.0 Å². The molecule has 0 saturated carbocycles. The van der Waals surface area contributed by atoms with Crippen molar-refractivity contribution in [2.24, 2.45) is 0 Å². The molecule has 1 aliphatic rings. The summed E-state index contributed by atoms with van der Waals surface area (Å²) in [5.41, 5.74) is 2.47. The van der Waals surface area contributed by atoms with E-state index in [0.717, 1.165) is 45.9 Å². The van der Waals surface area contributed by atoms with Crippen molar-refractivity contribution in [3.63, 3.8) is 0 Å². The highest BCUT2D eigenvalue weighted by Gasteiger charge is 2.35. The minimum absolute atomic E-state index is 0.168. The van der Waals surface area contributed by atoms with Gasteiger partial charge in [-0.1, -0.05) is 61.5 Å². The molecular weight excluding hydrogens is 428 g/mol. The van der Waals surface area contributed by atoms with E-state index >= 15 is 0 Å². The zero-order valence-electron chi connectivity index (χ0n) is 18.7. The molecular formula is C27H24N4O3. The van der Waals surface area contributed by atoms with E-state index in [1.54, 1.807) is 6.07 Å². The summed E-state index contributed by atoms with van der Waals surface area (Å²) in [7, 11) is 0. The summed E-state index contributed by atoms with van der Waals surface area (Å²) in [6.45, 7) is 3.46. The standard InChI is InChI=1S/C27H24N4O3/c1-2-30-15-14-19-18-11-5-6-12-20(18)28-23(19)24(30)22-25(32)29-27(34)31(26(22)33)21-13-7-9-16-8-3-4-10-17(16)21/h3-13,24,28,33H,2,14-15H2,1H3,(H,29,32,34). The highest BCUT2D eigenvalue weighted by atomic mass is 16.3. The predicted molar refractivity (Wildman–Crippen MR) is 133 cm³/mol. The molecule has 3 heterocycles. The Morgan fingerprint density at radius 1 is 0.941 bits per heavy atom. The second-order valence-electron chi connectivity index (χ2n) is 8.67. The minimum Gasteiger partial charge on any atom is -0.494 e. The van der Waals surface area contributed by atoms with Crippen LogP contribution in [0.5, 0.6) is 5.88 Å². The van der Waals surface area contributed by atoms with Gasteiger partial charge in [0.2, 0.25) is 5.88 Å². The lowest BCUT2D eigenvalue weighted by atomic mass is 9.93. The van der Waals surface area contributed by atoms with Crippen LogP contribution in [0.3, 0.4) is 0 Å². The summed E-state index contributed by atoms with van der Waals surface area (Å²) in [6.07, 6.45) is 0.839. The average molecular weight is 453 g/mol. The molecule has 0 spiro atoms. The smallest absolute Gasteiger partial charge is 0.335 e. The molecule has 3 aromatic carbocycles. The third-order valence-corrected chi connectivity index (χ3v) is 6.94. The molecule has 0 bridgehead atoms. The maximum Gasteiger partial charge on any atom is 0.335 e. The molecule has 5 aromatic rings. The van der Waals surface area contributed by atoms with Crippen molar-refractivity contribution < 1.29 is 5.11 Å². The van der Waals surface area contributed by atoms with Gasteiger partial charge in [-0.2, -0.15) is 0 Å². The fourth-order valence-corrected chi connectivity index (χ4v) is 5.37. The van der Waals surface area contributed by atoms with Crippen molar-refractivity contribution in [1.29, 1.82) is 0 Å². The van der Waals surface area contributed by atoms with Crippen LogP contribution in [-0.4, -0.2) is 37.6 Å². The highest BCUT2D eigenvalue weighted by molar-refractivity contribution is 5.90. The molecule has 3 N–H and O–H groups in total. The maximum absolute atomic E-state index is 13.2. The van der Waals surface area contributed by atoms with Gasteiger partial charge in [-0.15, -0.1) is 0 Å². The number of nitrogens with one attached hydrogen (secondary N) is 2. The average Bonchev–Trinajstić information content (AvgIpc) is 3.23. The van der Waals surface area contributed by atoms with Gasteiger partial charge in [0, 0.05) is 28.5 Å². The molecule has 0 aliphatic carbocycles. The number of aromatic nitrogens is 3. The molecule has 1 unspecified atom stereocenters. The first kappa shape index (κ1) is 20.5. The van der Waals surface area contributed by atoms with E-state index in [0.29, 0.717) is 12.2 Å². The van der Waals surface area contributed by atoms with Crippen LogP contribution >= 0.6 is 0 Å². The van der Waals surface area contributed by atoms with Crippen molar-refractivity contribution in [2.45, 2.75) is 19.4 Å². The number of hydrogen-bond donors (Lipinski definition) is 3. The van der Waals surface area contributed by atoms with E-state index in [2.05, 4.69) is 20.9 Å². The van der Waals surface area contributed by atoms with Crippen LogP contribution in [-0.2, 0) is 6.42 Å². The summed E-state index contributed by atoms with van der Waals surface area (Å²) in [6, 6.07) is 20.8. The van der Waals surface area contributed by atoms with Gasteiger partial charge in [0.25, 0.3) is 5.56 Å². The number of aromatic amines is 2. The van der Waals surface area contributed by atoms with E-state index in [1.165, 1.54) is 4.57 Å². The second kappa shape index (κ2) is 7.74. The van der Waals surface area contributed by atoms with Crippen molar-refractivity contribution >= 4 is 21.7 Å². The summed E-state index contributed by atoms with van der Waals surface area (Å²) in [4.78, 5) is 34.3. The number of fused-ring (bicyclic) bond motifs is 4. The maximum atomic E-state index is 13.2. The third-order valence-electron chi connectivity index (χ3n) is 6.94. The molecule has 34 heavy (non-hydrogen) atoms. The number of H-pyrrole nitrogens is 2. The lowest BCUT2D eigenvalue weighted by Crippen LogP contribution is -2.41. The van der Waals surface area contributed by atoms with Crippen LogP contribution in [0, 0.1) is 0 Å². The summed E-state index contributed by atoms with van der Waals surface area (Å²) in [5, 5.41) is 14.4. The topological polar surface area (TPSA) is 94.1 Å². The molecule has 7 nitrogen and oxygen atoms in total. The Bertz CT molecular complexity index is 1670. The normalized spacial score (nSPS) is 16.2. The molecule has 0 amide bonds. The van der Waals surface area contributed by atoms with Crippen LogP contribution in [0.25, 0.3) is 27.4 Å². The Hall–Kier alpha value is -4.10. The number of likely N-dealkylation sites (N-methyl/N-ethyl adjacent to an activating group) is 1. The molecule has 7 heteroatoms. The first-order valence-electron chi connectivity index (χ1n) is 11.5. The first-order valence-corrected chi connectivity index (χ1v) is 11.5. The lowest BCUT2D eigenvalue weighted by molar-refractivity contribution is 0.215. The van der Waals surface area contributed by atoms with E-state index in [1.807, 2.05) is 61.5 Å². The fraction of sp³-hybridized carbons (Fsp3) is 0.185. The molecule has 1 atom stereocenters. The quantitative estimate of drug-likeness (QED) is 0.388. The zero-order valence-corrected chi connectivity index (χ0v) is 18.7. The van der Waals surface area contributed by atoms with E-state index in [9.17, 15) is 14.7 Å². The molecule has 6 rings (SSSR count). The van der Waals surface area contributed by atoms with Crippen molar-refractivity contribution in [2.75, 3.05) is 13.1 Å².